The van der Waals surface area contributed by atoms with Gasteiger partial charge in [0, 0.05) is 10.6 Å². The number of hydrogen-bond donors (Lipinski definition) is 0. The summed E-state index contributed by atoms with van der Waals surface area (Å²) in [4.78, 5) is -0.00699. The lowest BCUT2D eigenvalue weighted by Crippen LogP contribution is -2.11. The summed E-state index contributed by atoms with van der Waals surface area (Å²) >= 11 is 1.01. The van der Waals surface area contributed by atoms with Crippen molar-refractivity contribution in [3.63, 3.8) is 0 Å². The fourth-order valence-corrected chi connectivity index (χ4v) is 2.50. The average Bonchev–Trinajstić information content (AvgIpc) is 2.33. The predicted molar refractivity (Wildman–Crippen MR) is 66.6 cm³/mol. The number of hydrogen-bond acceptors (Lipinski definition) is 1. The van der Waals surface area contributed by atoms with Crippen LogP contribution in [0.1, 0.15) is 31.4 Å². The third-order valence-electron chi connectivity index (χ3n) is 2.79. The van der Waals surface area contributed by atoms with Crippen molar-refractivity contribution in [1.82, 2.24) is 0 Å². The zero-order chi connectivity index (χ0) is 15.6. The van der Waals surface area contributed by atoms with Crippen molar-refractivity contribution < 1.29 is 26.3 Å². The van der Waals surface area contributed by atoms with E-state index in [-0.39, 0.29) is 16.9 Å². The van der Waals surface area contributed by atoms with Crippen molar-refractivity contribution in [2.24, 2.45) is 5.92 Å². The SMILES string of the molecule is CCC(C)CSc1cc(C(F)(F)F)cc(C(F)(F)F)c1. The van der Waals surface area contributed by atoms with Crippen molar-refractivity contribution in [3.05, 3.63) is 29.3 Å². The second kappa shape index (κ2) is 6.28. The van der Waals surface area contributed by atoms with Gasteiger partial charge in [-0.1, -0.05) is 20.3 Å². The highest BCUT2D eigenvalue weighted by Crippen LogP contribution is 2.38. The molecule has 0 aliphatic rings. The van der Waals surface area contributed by atoms with Gasteiger partial charge in [0.2, 0.25) is 0 Å². The fraction of sp³-hybridized carbons (Fsp3) is 0.538. The summed E-state index contributed by atoms with van der Waals surface area (Å²) < 4.78 is 75.7. The molecule has 0 aliphatic heterocycles. The molecule has 7 heteroatoms. The molecular weight excluding hydrogens is 302 g/mol. The van der Waals surface area contributed by atoms with Gasteiger partial charge >= 0.3 is 12.4 Å². The average molecular weight is 316 g/mol. The Morgan fingerprint density at radius 2 is 1.40 bits per heavy atom. The molecule has 20 heavy (non-hydrogen) atoms. The lowest BCUT2D eigenvalue weighted by atomic mass is 10.1. The van der Waals surface area contributed by atoms with Gasteiger partial charge in [0.15, 0.2) is 0 Å². The van der Waals surface area contributed by atoms with Gasteiger partial charge in [0.25, 0.3) is 0 Å². The van der Waals surface area contributed by atoms with Crippen LogP contribution in [0, 0.1) is 5.92 Å². The lowest BCUT2D eigenvalue weighted by molar-refractivity contribution is -0.143. The van der Waals surface area contributed by atoms with E-state index in [9.17, 15) is 26.3 Å². The molecule has 1 rings (SSSR count). The highest BCUT2D eigenvalue weighted by atomic mass is 32.2. The van der Waals surface area contributed by atoms with E-state index in [0.717, 1.165) is 30.3 Å². The van der Waals surface area contributed by atoms with Gasteiger partial charge in [-0.25, -0.2) is 0 Å². The maximum absolute atomic E-state index is 12.6. The molecule has 114 valence electrons. The van der Waals surface area contributed by atoms with Gasteiger partial charge in [0.1, 0.15) is 0 Å². The highest BCUT2D eigenvalue weighted by Gasteiger charge is 2.36. The van der Waals surface area contributed by atoms with Gasteiger partial charge < -0.3 is 0 Å². The van der Waals surface area contributed by atoms with Gasteiger partial charge in [-0.05, 0) is 24.1 Å². The van der Waals surface area contributed by atoms with Gasteiger partial charge in [-0.2, -0.15) is 26.3 Å². The van der Waals surface area contributed by atoms with Crippen LogP contribution in [0.3, 0.4) is 0 Å². The van der Waals surface area contributed by atoms with E-state index >= 15 is 0 Å². The lowest BCUT2D eigenvalue weighted by Gasteiger charge is -2.15. The maximum atomic E-state index is 12.6. The third-order valence-corrected chi connectivity index (χ3v) is 4.10. The van der Waals surface area contributed by atoms with Crippen molar-refractivity contribution in [1.29, 1.82) is 0 Å². The summed E-state index contributed by atoms with van der Waals surface area (Å²) in [5.74, 6) is 0.707. The number of alkyl halides is 6. The number of rotatable bonds is 4. The molecule has 0 amide bonds. The molecule has 0 nitrogen and oxygen atoms in total. The van der Waals surface area contributed by atoms with Crippen LogP contribution in [-0.2, 0) is 12.4 Å². The molecule has 0 spiro atoms. The fourth-order valence-electron chi connectivity index (χ4n) is 1.37. The van der Waals surface area contributed by atoms with Crippen LogP contribution in [0.25, 0.3) is 0 Å². The van der Waals surface area contributed by atoms with E-state index in [4.69, 9.17) is 0 Å². The molecule has 0 aromatic heterocycles. The molecule has 1 atom stereocenters. The van der Waals surface area contributed by atoms with Crippen molar-refractivity contribution in [2.45, 2.75) is 37.5 Å². The second-order valence-electron chi connectivity index (χ2n) is 4.57. The molecule has 1 unspecified atom stereocenters. The molecule has 0 saturated heterocycles. The topological polar surface area (TPSA) is 0 Å². The first-order valence-corrected chi connectivity index (χ1v) is 6.95. The first-order valence-electron chi connectivity index (χ1n) is 5.96. The Labute approximate surface area is 117 Å². The Balaban J connectivity index is 3.11. The highest BCUT2D eigenvalue weighted by molar-refractivity contribution is 7.99. The summed E-state index contributed by atoms with van der Waals surface area (Å²) in [6.07, 6.45) is -8.75. The minimum absolute atomic E-state index is 0.00699. The molecule has 0 saturated carbocycles. The standard InChI is InChI=1S/C13H14F6S/c1-3-8(2)7-20-11-5-9(12(14,15)16)4-10(6-11)13(17,18)19/h4-6,8H,3,7H2,1-2H3. The minimum atomic E-state index is -4.78. The smallest absolute Gasteiger partial charge is 0.166 e. The Morgan fingerprint density at radius 3 is 1.75 bits per heavy atom. The van der Waals surface area contributed by atoms with E-state index in [1.54, 1.807) is 0 Å². The van der Waals surface area contributed by atoms with Crippen molar-refractivity contribution >= 4 is 11.8 Å². The molecule has 1 aromatic rings. The number of thioether (sulfide) groups is 1. The Hall–Kier alpha value is -0.850. The zero-order valence-electron chi connectivity index (χ0n) is 10.9. The van der Waals surface area contributed by atoms with Crippen LogP contribution in [0.15, 0.2) is 23.1 Å². The Bertz CT molecular complexity index is 417. The molecule has 0 heterocycles. The van der Waals surface area contributed by atoms with Gasteiger partial charge in [0.05, 0.1) is 11.1 Å². The molecule has 0 N–H and O–H groups in total. The Morgan fingerprint density at radius 1 is 0.950 bits per heavy atom. The normalized spacial score (nSPS) is 14.4. The molecule has 0 aliphatic carbocycles. The number of benzene rings is 1. The summed E-state index contributed by atoms with van der Waals surface area (Å²) in [7, 11) is 0. The van der Waals surface area contributed by atoms with Crippen molar-refractivity contribution in [3.8, 4) is 0 Å². The van der Waals surface area contributed by atoms with Gasteiger partial charge in [-0.3, -0.25) is 0 Å². The van der Waals surface area contributed by atoms with Crippen LogP contribution in [-0.4, -0.2) is 5.75 Å². The molecule has 0 fully saturated rings. The summed E-state index contributed by atoms with van der Waals surface area (Å²) in [5.41, 5.74) is -2.53. The first kappa shape index (κ1) is 17.2. The van der Waals surface area contributed by atoms with Crippen LogP contribution in [0.2, 0.25) is 0 Å². The first-order chi connectivity index (χ1) is 9.04. The van der Waals surface area contributed by atoms with E-state index in [0.29, 0.717) is 5.75 Å². The monoisotopic (exact) mass is 316 g/mol. The molecule has 0 bridgehead atoms. The van der Waals surface area contributed by atoms with E-state index in [2.05, 4.69) is 0 Å². The van der Waals surface area contributed by atoms with E-state index in [1.807, 2.05) is 13.8 Å². The molecule has 1 aromatic carbocycles. The summed E-state index contributed by atoms with van der Waals surface area (Å²) in [5, 5.41) is 0. The Kier molecular flexibility index (Phi) is 5.40. The third kappa shape index (κ3) is 4.92. The van der Waals surface area contributed by atoms with E-state index in [1.165, 1.54) is 0 Å². The maximum Gasteiger partial charge on any atom is 0.416 e. The summed E-state index contributed by atoms with van der Waals surface area (Å²) in [6.45, 7) is 3.81. The minimum Gasteiger partial charge on any atom is -0.166 e. The van der Waals surface area contributed by atoms with Crippen LogP contribution in [0.5, 0.6) is 0 Å². The second-order valence-corrected chi connectivity index (χ2v) is 5.66. The van der Waals surface area contributed by atoms with E-state index < -0.39 is 23.5 Å². The number of halogens is 6. The van der Waals surface area contributed by atoms with Crippen LogP contribution in [0.4, 0.5) is 26.3 Å². The largest absolute Gasteiger partial charge is 0.416 e. The van der Waals surface area contributed by atoms with Crippen LogP contribution >= 0.6 is 11.8 Å². The zero-order valence-corrected chi connectivity index (χ0v) is 11.7. The molecule has 0 radical (unpaired) electrons. The molecular formula is C13H14F6S. The summed E-state index contributed by atoms with van der Waals surface area (Å²) in [6, 6.07) is 1.68. The quantitative estimate of drug-likeness (QED) is 0.495. The predicted octanol–water partition coefficient (Wildman–Crippen LogP) is 5.86. The van der Waals surface area contributed by atoms with Crippen molar-refractivity contribution in [2.75, 3.05) is 5.75 Å². The van der Waals surface area contributed by atoms with Gasteiger partial charge in [-0.15, -0.1) is 11.8 Å². The van der Waals surface area contributed by atoms with Crippen LogP contribution < -0.4 is 0 Å².